The van der Waals surface area contributed by atoms with Gasteiger partial charge in [-0.1, -0.05) is 36.4 Å². The number of nitrogens with zero attached hydrogens (tertiary/aromatic N) is 3. The van der Waals surface area contributed by atoms with Gasteiger partial charge in [0.1, 0.15) is 5.82 Å². The second kappa shape index (κ2) is 8.03. The first-order valence-electron chi connectivity index (χ1n) is 11.7. The predicted octanol–water partition coefficient (Wildman–Crippen LogP) is 6.70. The van der Waals surface area contributed by atoms with Gasteiger partial charge in [0.15, 0.2) is 17.2 Å². The first-order chi connectivity index (χ1) is 17.7. The number of halogens is 3. The fraction of sp³-hybridized carbons (Fsp3) is 0.138. The van der Waals surface area contributed by atoms with Crippen LogP contribution >= 0.6 is 0 Å². The number of carbonyl (C=O) groups excluding carboxylic acids is 2. The molecule has 0 fully saturated rings. The van der Waals surface area contributed by atoms with Gasteiger partial charge >= 0.3 is 6.18 Å². The Kier molecular flexibility index (Phi) is 4.98. The van der Waals surface area contributed by atoms with Gasteiger partial charge in [-0.05, 0) is 54.1 Å². The van der Waals surface area contributed by atoms with E-state index in [1.54, 1.807) is 29.8 Å². The molecule has 2 aromatic heterocycles. The molecule has 5 nitrogen and oxygen atoms in total. The van der Waals surface area contributed by atoms with Gasteiger partial charge < -0.3 is 9.13 Å². The summed E-state index contributed by atoms with van der Waals surface area (Å²) in [5, 5.41) is 1.79. The Hall–Kier alpha value is -4.46. The molecule has 1 aliphatic rings. The van der Waals surface area contributed by atoms with Crippen molar-refractivity contribution >= 4 is 39.6 Å². The lowest BCUT2D eigenvalue weighted by Crippen LogP contribution is -2.04. The lowest BCUT2D eigenvalue weighted by atomic mass is 10.0. The molecule has 0 saturated heterocycles. The van der Waals surface area contributed by atoms with Crippen molar-refractivity contribution in [3.63, 3.8) is 0 Å². The highest BCUT2D eigenvalue weighted by atomic mass is 19.4. The highest BCUT2D eigenvalue weighted by molar-refractivity contribution is 6.42. The first kappa shape index (κ1) is 23.0. The number of allylic oxidation sites excluding steroid dienone is 1. The van der Waals surface area contributed by atoms with E-state index in [9.17, 15) is 22.8 Å². The number of benzene rings is 3. The SMILES string of the molecule is CCn1c(C=C2C(=O)c3cc4ccccc4cc3C2=O)cc2c1nc(-c1ccc(C(F)(F)F)cc1)n2C. The van der Waals surface area contributed by atoms with Gasteiger partial charge in [-0.15, -0.1) is 0 Å². The number of imidazole rings is 1. The fourth-order valence-corrected chi connectivity index (χ4v) is 5.00. The van der Waals surface area contributed by atoms with Crippen LogP contribution in [0.4, 0.5) is 13.2 Å². The lowest BCUT2D eigenvalue weighted by Gasteiger charge is -2.08. The maximum absolute atomic E-state index is 13.2. The van der Waals surface area contributed by atoms with Gasteiger partial charge in [-0.3, -0.25) is 9.59 Å². The number of fused-ring (bicyclic) bond motifs is 3. The first-order valence-corrected chi connectivity index (χ1v) is 11.7. The third kappa shape index (κ3) is 3.51. The third-order valence-corrected chi connectivity index (χ3v) is 6.92. The molecule has 1 aliphatic carbocycles. The number of rotatable bonds is 3. The summed E-state index contributed by atoms with van der Waals surface area (Å²) < 4.78 is 42.6. The van der Waals surface area contributed by atoms with Gasteiger partial charge in [-0.2, -0.15) is 13.2 Å². The van der Waals surface area contributed by atoms with Crippen LogP contribution in [0.3, 0.4) is 0 Å². The normalized spacial score (nSPS) is 13.7. The molecule has 0 spiro atoms. The van der Waals surface area contributed by atoms with E-state index in [4.69, 9.17) is 4.98 Å². The average Bonchev–Trinajstić information content (AvgIpc) is 3.47. The smallest absolute Gasteiger partial charge is 0.326 e. The third-order valence-electron chi connectivity index (χ3n) is 6.92. The van der Waals surface area contributed by atoms with Crippen LogP contribution < -0.4 is 0 Å². The molecule has 0 amide bonds. The van der Waals surface area contributed by atoms with Gasteiger partial charge in [0.2, 0.25) is 0 Å². The zero-order valence-corrected chi connectivity index (χ0v) is 19.9. The number of aryl methyl sites for hydroxylation is 2. The summed E-state index contributed by atoms with van der Waals surface area (Å²) in [4.78, 5) is 31.1. The molecule has 3 aromatic carbocycles. The number of carbonyl (C=O) groups is 2. The van der Waals surface area contributed by atoms with E-state index >= 15 is 0 Å². The Morgan fingerprint density at radius 1 is 0.892 bits per heavy atom. The zero-order chi connectivity index (χ0) is 26.1. The summed E-state index contributed by atoms with van der Waals surface area (Å²) in [7, 11) is 1.78. The average molecular weight is 499 g/mol. The highest BCUT2D eigenvalue weighted by Gasteiger charge is 2.34. The monoisotopic (exact) mass is 499 g/mol. The minimum atomic E-state index is -4.41. The summed E-state index contributed by atoms with van der Waals surface area (Å²) in [5.41, 5.74) is 2.75. The van der Waals surface area contributed by atoms with Crippen molar-refractivity contribution in [1.29, 1.82) is 0 Å². The molecule has 0 aliphatic heterocycles. The maximum atomic E-state index is 13.2. The van der Waals surface area contributed by atoms with E-state index in [1.807, 2.05) is 41.8 Å². The fourth-order valence-electron chi connectivity index (χ4n) is 5.00. The number of hydrogen-bond acceptors (Lipinski definition) is 3. The minimum absolute atomic E-state index is 0.103. The standard InChI is InChI=1S/C29H20F3N3O2/c1-3-35-20(14-23-25(36)21-12-17-6-4-5-7-18(17)13-22(21)26(23)37)15-24-28(35)33-27(34(24)2)16-8-10-19(11-9-16)29(30,31)32/h4-15H,3H2,1-2H3. The molecule has 0 N–H and O–H groups in total. The quantitative estimate of drug-likeness (QED) is 0.205. The number of hydrogen-bond donors (Lipinski definition) is 0. The summed E-state index contributed by atoms with van der Waals surface area (Å²) in [6.07, 6.45) is -2.80. The van der Waals surface area contributed by atoms with Gasteiger partial charge in [-0.25, -0.2) is 4.98 Å². The topological polar surface area (TPSA) is 56.9 Å². The molecular weight excluding hydrogens is 479 g/mol. The molecule has 184 valence electrons. The molecule has 0 radical (unpaired) electrons. The summed E-state index contributed by atoms with van der Waals surface area (Å²) >= 11 is 0. The van der Waals surface area contributed by atoms with Crippen LogP contribution in [-0.2, 0) is 19.8 Å². The Balaban J connectivity index is 1.42. The number of alkyl halides is 3. The summed E-state index contributed by atoms with van der Waals surface area (Å²) in [6.45, 7) is 2.44. The van der Waals surface area contributed by atoms with Crippen molar-refractivity contribution < 1.29 is 22.8 Å². The van der Waals surface area contributed by atoms with E-state index in [0.717, 1.165) is 28.4 Å². The van der Waals surface area contributed by atoms with Crippen LogP contribution in [0.15, 0.2) is 72.3 Å². The molecular formula is C29H20F3N3O2. The number of ketones is 2. The second-order valence-electron chi connectivity index (χ2n) is 9.05. The van der Waals surface area contributed by atoms with Gasteiger partial charge in [0.05, 0.1) is 16.7 Å². The summed E-state index contributed by atoms with van der Waals surface area (Å²) in [5.74, 6) is -0.0960. The van der Waals surface area contributed by atoms with E-state index in [-0.39, 0.29) is 17.1 Å². The van der Waals surface area contributed by atoms with E-state index in [2.05, 4.69) is 0 Å². The molecule has 0 bridgehead atoms. The maximum Gasteiger partial charge on any atom is 0.416 e. The Morgan fingerprint density at radius 3 is 2.03 bits per heavy atom. The van der Waals surface area contributed by atoms with Crippen molar-refractivity contribution in [3.8, 4) is 11.4 Å². The molecule has 2 heterocycles. The van der Waals surface area contributed by atoms with Crippen LogP contribution in [0.1, 0.15) is 38.9 Å². The van der Waals surface area contributed by atoms with Gasteiger partial charge in [0, 0.05) is 36.0 Å². The van der Waals surface area contributed by atoms with E-state index in [1.165, 1.54) is 12.1 Å². The molecule has 5 aromatic rings. The Bertz CT molecular complexity index is 1730. The van der Waals surface area contributed by atoms with Crippen LogP contribution in [0.5, 0.6) is 0 Å². The minimum Gasteiger partial charge on any atom is -0.326 e. The molecule has 8 heteroatoms. The Labute approximate surface area is 209 Å². The second-order valence-corrected chi connectivity index (χ2v) is 9.05. The summed E-state index contributed by atoms with van der Waals surface area (Å²) in [6, 6.07) is 17.8. The zero-order valence-electron chi connectivity index (χ0n) is 19.9. The molecule has 6 rings (SSSR count). The van der Waals surface area contributed by atoms with Crippen LogP contribution in [0.25, 0.3) is 39.4 Å². The lowest BCUT2D eigenvalue weighted by molar-refractivity contribution is -0.137. The largest absolute Gasteiger partial charge is 0.416 e. The van der Waals surface area contributed by atoms with Crippen LogP contribution in [0.2, 0.25) is 0 Å². The predicted molar refractivity (Wildman–Crippen MR) is 135 cm³/mol. The molecule has 0 unspecified atom stereocenters. The Morgan fingerprint density at radius 2 is 1.49 bits per heavy atom. The van der Waals surface area contributed by atoms with Gasteiger partial charge in [0.25, 0.3) is 0 Å². The van der Waals surface area contributed by atoms with Crippen molar-refractivity contribution in [2.45, 2.75) is 19.6 Å². The van der Waals surface area contributed by atoms with Crippen molar-refractivity contribution in [2.75, 3.05) is 0 Å². The molecule has 0 atom stereocenters. The molecule has 37 heavy (non-hydrogen) atoms. The van der Waals surface area contributed by atoms with E-state index in [0.29, 0.717) is 40.4 Å². The van der Waals surface area contributed by atoms with Crippen molar-refractivity contribution in [1.82, 2.24) is 14.1 Å². The molecule has 0 saturated carbocycles. The van der Waals surface area contributed by atoms with E-state index < -0.39 is 11.7 Å². The van der Waals surface area contributed by atoms with Crippen molar-refractivity contribution in [3.05, 3.63) is 94.7 Å². The van der Waals surface area contributed by atoms with Crippen molar-refractivity contribution in [2.24, 2.45) is 7.05 Å². The van der Waals surface area contributed by atoms with Crippen LogP contribution in [-0.4, -0.2) is 25.7 Å². The highest BCUT2D eigenvalue weighted by Crippen LogP contribution is 2.34. The number of Topliss-reactive ketones (excluding diaryl/α,β-unsaturated/α-hetero) is 2. The number of aromatic nitrogens is 3. The van der Waals surface area contributed by atoms with Crippen LogP contribution in [0, 0.1) is 0 Å².